The predicted octanol–water partition coefficient (Wildman–Crippen LogP) is 0.546. The summed E-state index contributed by atoms with van der Waals surface area (Å²) in [6, 6.07) is 4.19. The average molecular weight is 285 g/mol. The average Bonchev–Trinajstić information content (AvgIpc) is 2.42. The minimum Gasteiger partial charge on any atom is -0.494 e. The molecular formula is C13H16FNO5. The molecule has 6 nitrogen and oxygen atoms in total. The topological polar surface area (TPSA) is 95.9 Å². The molecule has 0 saturated carbocycles. The number of nitrogens with one attached hydrogen (secondary N) is 1. The fraction of sp³-hybridized carbons (Fsp3) is 0.385. The highest BCUT2D eigenvalue weighted by molar-refractivity contribution is 5.83. The lowest BCUT2D eigenvalue weighted by Crippen LogP contribution is -2.43. The number of carbonyl (C=O) groups excluding carboxylic acids is 1. The summed E-state index contributed by atoms with van der Waals surface area (Å²) in [5.74, 6) is -1.64. The molecule has 0 unspecified atom stereocenters. The Bertz CT molecular complexity index is 449. The van der Waals surface area contributed by atoms with Crippen molar-refractivity contribution in [1.82, 2.24) is 5.32 Å². The van der Waals surface area contributed by atoms with Crippen molar-refractivity contribution in [1.29, 1.82) is 0 Å². The second kappa shape index (κ2) is 8.11. The number of aliphatic carboxylic acids is 1. The van der Waals surface area contributed by atoms with Gasteiger partial charge in [0.2, 0.25) is 5.91 Å². The van der Waals surface area contributed by atoms with E-state index in [1.54, 1.807) is 0 Å². The summed E-state index contributed by atoms with van der Waals surface area (Å²) in [6.45, 7) is -0.414. The molecule has 0 bridgehead atoms. The molecular weight excluding hydrogens is 269 g/mol. The van der Waals surface area contributed by atoms with E-state index < -0.39 is 24.5 Å². The van der Waals surface area contributed by atoms with Crippen molar-refractivity contribution in [2.75, 3.05) is 13.2 Å². The molecule has 0 radical (unpaired) electrons. The van der Waals surface area contributed by atoms with Gasteiger partial charge in [0, 0.05) is 6.42 Å². The number of benzene rings is 1. The lowest BCUT2D eigenvalue weighted by molar-refractivity contribution is -0.142. The maximum Gasteiger partial charge on any atom is 0.328 e. The van der Waals surface area contributed by atoms with Gasteiger partial charge in [0.15, 0.2) is 0 Å². The van der Waals surface area contributed by atoms with Crippen LogP contribution in [0.4, 0.5) is 4.39 Å². The SMILES string of the molecule is O=C(CCCOc1ccc(F)cc1)N[C@H](CO)C(=O)O. The Morgan fingerprint density at radius 2 is 1.95 bits per heavy atom. The number of amides is 1. The van der Waals surface area contributed by atoms with Crippen LogP contribution in [0.2, 0.25) is 0 Å². The quantitative estimate of drug-likeness (QED) is 0.606. The third-order valence-electron chi connectivity index (χ3n) is 2.45. The Balaban J connectivity index is 2.22. The largest absolute Gasteiger partial charge is 0.494 e. The monoisotopic (exact) mass is 285 g/mol. The van der Waals surface area contributed by atoms with E-state index >= 15 is 0 Å². The van der Waals surface area contributed by atoms with Crippen LogP contribution in [0.15, 0.2) is 24.3 Å². The Morgan fingerprint density at radius 3 is 2.50 bits per heavy atom. The van der Waals surface area contributed by atoms with Crippen molar-refractivity contribution in [2.45, 2.75) is 18.9 Å². The van der Waals surface area contributed by atoms with E-state index in [1.807, 2.05) is 0 Å². The molecule has 7 heteroatoms. The first kappa shape index (κ1) is 15.9. The number of aliphatic hydroxyl groups excluding tert-OH is 1. The smallest absolute Gasteiger partial charge is 0.328 e. The number of halogens is 1. The van der Waals surface area contributed by atoms with Crippen LogP contribution in [0.1, 0.15) is 12.8 Å². The molecule has 0 spiro atoms. The van der Waals surface area contributed by atoms with Crippen molar-refractivity contribution >= 4 is 11.9 Å². The minimum absolute atomic E-state index is 0.0744. The number of aliphatic hydroxyl groups is 1. The fourth-order valence-corrected chi connectivity index (χ4v) is 1.41. The van der Waals surface area contributed by atoms with E-state index in [0.29, 0.717) is 12.2 Å². The number of hydrogen-bond donors (Lipinski definition) is 3. The molecule has 1 aromatic rings. The van der Waals surface area contributed by atoms with Crippen LogP contribution >= 0.6 is 0 Å². The Hall–Kier alpha value is -2.15. The minimum atomic E-state index is -1.29. The molecule has 0 heterocycles. The Morgan fingerprint density at radius 1 is 1.30 bits per heavy atom. The predicted molar refractivity (Wildman–Crippen MR) is 67.8 cm³/mol. The molecule has 0 aliphatic heterocycles. The first-order valence-corrected chi connectivity index (χ1v) is 6.04. The van der Waals surface area contributed by atoms with Gasteiger partial charge in [-0.25, -0.2) is 9.18 Å². The van der Waals surface area contributed by atoms with Gasteiger partial charge >= 0.3 is 5.97 Å². The highest BCUT2D eigenvalue weighted by Crippen LogP contribution is 2.11. The van der Waals surface area contributed by atoms with E-state index in [1.165, 1.54) is 24.3 Å². The highest BCUT2D eigenvalue weighted by Gasteiger charge is 2.18. The third kappa shape index (κ3) is 5.66. The third-order valence-corrected chi connectivity index (χ3v) is 2.45. The van der Waals surface area contributed by atoms with Gasteiger partial charge in [-0.3, -0.25) is 4.79 Å². The number of ether oxygens (including phenoxy) is 1. The Kier molecular flexibility index (Phi) is 6.45. The van der Waals surface area contributed by atoms with E-state index in [4.69, 9.17) is 14.9 Å². The zero-order valence-electron chi connectivity index (χ0n) is 10.7. The van der Waals surface area contributed by atoms with Crippen molar-refractivity contribution in [3.8, 4) is 5.75 Å². The van der Waals surface area contributed by atoms with Gasteiger partial charge in [0.05, 0.1) is 13.2 Å². The normalized spacial score (nSPS) is 11.7. The van der Waals surface area contributed by atoms with Crippen LogP contribution in [0.5, 0.6) is 5.75 Å². The second-order valence-corrected chi connectivity index (χ2v) is 4.05. The lowest BCUT2D eigenvalue weighted by atomic mass is 10.2. The van der Waals surface area contributed by atoms with Gasteiger partial charge in [-0.05, 0) is 30.7 Å². The summed E-state index contributed by atoms with van der Waals surface area (Å²) in [5, 5.41) is 19.6. The van der Waals surface area contributed by atoms with Crippen molar-refractivity contribution in [3.63, 3.8) is 0 Å². The van der Waals surface area contributed by atoms with Crippen LogP contribution < -0.4 is 10.1 Å². The van der Waals surface area contributed by atoms with Gasteiger partial charge in [-0.2, -0.15) is 0 Å². The molecule has 1 rings (SSSR count). The summed E-state index contributed by atoms with van der Waals surface area (Å²) < 4.78 is 17.9. The zero-order valence-corrected chi connectivity index (χ0v) is 10.7. The van der Waals surface area contributed by atoms with Crippen molar-refractivity contribution < 1.29 is 28.9 Å². The molecule has 3 N–H and O–H groups in total. The van der Waals surface area contributed by atoms with Crippen LogP contribution in [0.3, 0.4) is 0 Å². The highest BCUT2D eigenvalue weighted by atomic mass is 19.1. The summed E-state index contributed by atoms with van der Waals surface area (Å²) in [6.07, 6.45) is 0.450. The Labute approximate surface area is 115 Å². The molecule has 0 saturated heterocycles. The lowest BCUT2D eigenvalue weighted by Gasteiger charge is -2.11. The van der Waals surface area contributed by atoms with Crippen LogP contribution in [-0.4, -0.2) is 41.3 Å². The number of carboxylic acid groups (broad SMARTS) is 1. The second-order valence-electron chi connectivity index (χ2n) is 4.05. The molecule has 20 heavy (non-hydrogen) atoms. The standard InChI is InChI=1S/C13H16FNO5/c14-9-3-5-10(6-4-9)20-7-1-2-12(17)15-11(8-16)13(18)19/h3-6,11,16H,1-2,7-8H2,(H,15,17)(H,18,19)/t11-/m1/s1. The van der Waals surface area contributed by atoms with Gasteiger partial charge in [0.1, 0.15) is 17.6 Å². The molecule has 0 aromatic heterocycles. The zero-order chi connectivity index (χ0) is 15.0. The molecule has 1 atom stereocenters. The first-order valence-electron chi connectivity index (χ1n) is 6.04. The van der Waals surface area contributed by atoms with E-state index in [0.717, 1.165) is 0 Å². The summed E-state index contributed by atoms with van der Waals surface area (Å²) >= 11 is 0. The molecule has 1 aromatic carbocycles. The van der Waals surface area contributed by atoms with E-state index in [2.05, 4.69) is 5.32 Å². The van der Waals surface area contributed by atoms with Crippen LogP contribution in [0.25, 0.3) is 0 Å². The van der Waals surface area contributed by atoms with Gasteiger partial charge < -0.3 is 20.3 Å². The molecule has 0 fully saturated rings. The first-order chi connectivity index (χ1) is 9.52. The molecule has 0 aliphatic rings. The molecule has 0 aliphatic carbocycles. The number of carboxylic acids is 1. The van der Waals surface area contributed by atoms with Crippen LogP contribution in [-0.2, 0) is 9.59 Å². The van der Waals surface area contributed by atoms with Crippen molar-refractivity contribution in [2.24, 2.45) is 0 Å². The fourth-order valence-electron chi connectivity index (χ4n) is 1.41. The van der Waals surface area contributed by atoms with Gasteiger partial charge in [0.25, 0.3) is 0 Å². The van der Waals surface area contributed by atoms with Crippen molar-refractivity contribution in [3.05, 3.63) is 30.1 Å². The molecule has 110 valence electrons. The number of carbonyl (C=O) groups is 2. The number of hydrogen-bond acceptors (Lipinski definition) is 4. The van der Waals surface area contributed by atoms with Crippen LogP contribution in [0, 0.1) is 5.82 Å². The van der Waals surface area contributed by atoms with Gasteiger partial charge in [-0.15, -0.1) is 0 Å². The van der Waals surface area contributed by atoms with E-state index in [-0.39, 0.29) is 18.8 Å². The maximum atomic E-state index is 12.6. The van der Waals surface area contributed by atoms with Gasteiger partial charge in [-0.1, -0.05) is 0 Å². The summed E-state index contributed by atoms with van der Waals surface area (Å²) in [4.78, 5) is 22.0. The summed E-state index contributed by atoms with van der Waals surface area (Å²) in [5.41, 5.74) is 0. The van der Waals surface area contributed by atoms with E-state index in [9.17, 15) is 14.0 Å². The summed E-state index contributed by atoms with van der Waals surface area (Å²) in [7, 11) is 0. The number of rotatable bonds is 8. The molecule has 1 amide bonds. The maximum absolute atomic E-state index is 12.6.